The molecule has 0 aliphatic rings. The number of non-ortho nitro benzene ring substituents is 1. The first-order chi connectivity index (χ1) is 16.0. The van der Waals surface area contributed by atoms with Gasteiger partial charge in [-0.1, -0.05) is 39.0 Å². The number of nitro groups is 1. The minimum Gasteiger partial charge on any atom is -0.506 e. The summed E-state index contributed by atoms with van der Waals surface area (Å²) in [7, 11) is 0. The molecule has 0 bridgehead atoms. The standard InChI is InChI=1S/C24H23BrN4O4S/c1-24(2,3)21-19(10-14-8-13-6-4-5-7-18(13)27-22(14)31)34-23(28-21)26-12-15-9-16(29(32)33)11-17(25)20(15)30/h4-9,11,30H,10,12H2,1-3H3,(H,26,28)(H,27,31). The molecule has 0 unspecified atom stereocenters. The van der Waals surface area contributed by atoms with Gasteiger partial charge < -0.3 is 15.4 Å². The largest absolute Gasteiger partial charge is 0.506 e. The van der Waals surface area contributed by atoms with Crippen molar-refractivity contribution in [2.24, 2.45) is 0 Å². The molecule has 0 aliphatic heterocycles. The van der Waals surface area contributed by atoms with Gasteiger partial charge in [0.05, 0.1) is 15.1 Å². The fraction of sp³-hybridized carbons (Fsp3) is 0.250. The van der Waals surface area contributed by atoms with E-state index in [1.165, 1.54) is 23.5 Å². The maximum Gasteiger partial charge on any atom is 0.271 e. The molecule has 0 amide bonds. The van der Waals surface area contributed by atoms with Gasteiger partial charge in [0.15, 0.2) is 5.13 Å². The summed E-state index contributed by atoms with van der Waals surface area (Å²) in [6.45, 7) is 6.33. The number of halogens is 1. The van der Waals surface area contributed by atoms with E-state index >= 15 is 0 Å². The first-order valence-electron chi connectivity index (χ1n) is 10.5. The Hall–Kier alpha value is -3.24. The van der Waals surface area contributed by atoms with Crippen LogP contribution in [0.25, 0.3) is 10.9 Å². The van der Waals surface area contributed by atoms with Gasteiger partial charge in [-0.25, -0.2) is 4.98 Å². The highest BCUT2D eigenvalue weighted by atomic mass is 79.9. The van der Waals surface area contributed by atoms with Crippen molar-refractivity contribution in [3.63, 3.8) is 0 Å². The molecule has 0 aliphatic carbocycles. The number of hydrogen-bond acceptors (Lipinski definition) is 7. The zero-order valence-electron chi connectivity index (χ0n) is 18.8. The first-order valence-corrected chi connectivity index (χ1v) is 12.1. The molecule has 3 N–H and O–H groups in total. The van der Waals surface area contributed by atoms with E-state index in [2.05, 4.69) is 47.0 Å². The highest BCUT2D eigenvalue weighted by molar-refractivity contribution is 9.10. The summed E-state index contributed by atoms with van der Waals surface area (Å²) in [5, 5.41) is 26.2. The Morgan fingerprint density at radius 3 is 2.65 bits per heavy atom. The third kappa shape index (κ3) is 4.97. The Morgan fingerprint density at radius 2 is 1.94 bits per heavy atom. The molecule has 4 rings (SSSR count). The minimum atomic E-state index is -0.506. The van der Waals surface area contributed by atoms with Crippen LogP contribution in [0.1, 0.15) is 42.5 Å². The predicted octanol–water partition coefficient (Wildman–Crippen LogP) is 5.86. The van der Waals surface area contributed by atoms with Gasteiger partial charge in [-0.3, -0.25) is 14.9 Å². The van der Waals surface area contributed by atoms with Crippen molar-refractivity contribution in [3.8, 4) is 5.75 Å². The number of hydrogen-bond donors (Lipinski definition) is 3. The van der Waals surface area contributed by atoms with E-state index in [1.807, 2.05) is 30.3 Å². The van der Waals surface area contributed by atoms with E-state index in [9.17, 15) is 20.0 Å². The van der Waals surface area contributed by atoms with Gasteiger partial charge in [-0.2, -0.15) is 0 Å². The van der Waals surface area contributed by atoms with Crippen LogP contribution in [0.3, 0.4) is 0 Å². The zero-order valence-corrected chi connectivity index (χ0v) is 21.2. The lowest BCUT2D eigenvalue weighted by Crippen LogP contribution is -2.17. The number of benzene rings is 2. The van der Waals surface area contributed by atoms with Crippen molar-refractivity contribution in [3.05, 3.63) is 89.1 Å². The molecule has 0 fully saturated rings. The Kier molecular flexibility index (Phi) is 6.46. The monoisotopic (exact) mass is 542 g/mol. The van der Waals surface area contributed by atoms with Crippen LogP contribution in [0.15, 0.2) is 51.7 Å². The van der Waals surface area contributed by atoms with Crippen molar-refractivity contribution in [1.29, 1.82) is 0 Å². The predicted molar refractivity (Wildman–Crippen MR) is 138 cm³/mol. The van der Waals surface area contributed by atoms with E-state index in [1.54, 1.807) is 0 Å². The fourth-order valence-corrected chi connectivity index (χ4v) is 5.36. The highest BCUT2D eigenvalue weighted by Gasteiger charge is 2.24. The van der Waals surface area contributed by atoms with E-state index < -0.39 is 4.92 Å². The number of para-hydroxylation sites is 1. The Balaban J connectivity index is 1.65. The van der Waals surface area contributed by atoms with Gasteiger partial charge >= 0.3 is 0 Å². The summed E-state index contributed by atoms with van der Waals surface area (Å²) in [5.74, 6) is -0.0615. The normalized spacial score (nSPS) is 11.6. The van der Waals surface area contributed by atoms with Crippen LogP contribution in [0.5, 0.6) is 5.75 Å². The molecule has 2 aromatic carbocycles. The lowest BCUT2D eigenvalue weighted by atomic mass is 9.90. The Labute approximate surface area is 208 Å². The SMILES string of the molecule is CC(C)(C)c1nc(NCc2cc([N+](=O)[O-])cc(Br)c2O)sc1Cc1cc2ccccc2[nH]c1=O. The summed E-state index contributed by atoms with van der Waals surface area (Å²) in [4.78, 5) is 32.0. The van der Waals surface area contributed by atoms with E-state index in [4.69, 9.17) is 4.98 Å². The molecule has 0 atom stereocenters. The zero-order chi connectivity index (χ0) is 24.6. The third-order valence-corrected chi connectivity index (χ3v) is 6.97. The molecular weight excluding hydrogens is 520 g/mol. The molecule has 4 aromatic rings. The first kappa shape index (κ1) is 23.9. The van der Waals surface area contributed by atoms with Crippen LogP contribution < -0.4 is 10.9 Å². The number of aromatic hydroxyl groups is 1. The number of rotatable bonds is 6. The van der Waals surface area contributed by atoms with E-state index in [0.29, 0.717) is 22.7 Å². The molecule has 2 heterocycles. The number of pyridine rings is 1. The van der Waals surface area contributed by atoms with E-state index in [-0.39, 0.29) is 33.4 Å². The lowest BCUT2D eigenvalue weighted by molar-refractivity contribution is -0.385. The number of fused-ring (bicyclic) bond motifs is 1. The second-order valence-electron chi connectivity index (χ2n) is 8.97. The maximum absolute atomic E-state index is 12.7. The number of thiazole rings is 1. The van der Waals surface area contributed by atoms with Crippen LogP contribution in [0.4, 0.5) is 10.8 Å². The number of phenolic OH excluding ortho intramolecular Hbond substituents is 1. The van der Waals surface area contributed by atoms with Crippen LogP contribution >= 0.6 is 27.3 Å². The van der Waals surface area contributed by atoms with Gasteiger partial charge in [0.2, 0.25) is 0 Å². The van der Waals surface area contributed by atoms with Gasteiger partial charge in [-0.15, -0.1) is 11.3 Å². The lowest BCUT2D eigenvalue weighted by Gasteiger charge is -2.17. The molecule has 10 heteroatoms. The molecule has 34 heavy (non-hydrogen) atoms. The average Bonchev–Trinajstić information content (AvgIpc) is 3.18. The van der Waals surface area contributed by atoms with Gasteiger partial charge in [-0.05, 0) is 33.4 Å². The number of nitrogens with one attached hydrogen (secondary N) is 2. The molecular formula is C24H23BrN4O4S. The fourth-order valence-electron chi connectivity index (χ4n) is 3.68. The summed E-state index contributed by atoms with van der Waals surface area (Å²) < 4.78 is 0.254. The third-order valence-electron chi connectivity index (χ3n) is 5.36. The van der Waals surface area contributed by atoms with Gasteiger partial charge in [0, 0.05) is 52.0 Å². The van der Waals surface area contributed by atoms with Crippen LogP contribution in [0.2, 0.25) is 0 Å². The quantitative estimate of drug-likeness (QED) is 0.207. The van der Waals surface area contributed by atoms with Crippen LogP contribution in [-0.2, 0) is 18.4 Å². The molecule has 176 valence electrons. The molecule has 8 nitrogen and oxygen atoms in total. The average molecular weight is 543 g/mol. The molecule has 0 spiro atoms. The second kappa shape index (κ2) is 9.19. The number of phenols is 1. The van der Waals surface area contributed by atoms with Gasteiger partial charge in [0.25, 0.3) is 11.2 Å². The van der Waals surface area contributed by atoms with Crippen molar-refractivity contribution >= 4 is 49.0 Å². The number of nitrogens with zero attached hydrogens (tertiary/aromatic N) is 2. The van der Waals surface area contributed by atoms with Gasteiger partial charge in [0.1, 0.15) is 5.75 Å². The Bertz CT molecular complexity index is 1460. The molecule has 0 saturated carbocycles. The van der Waals surface area contributed by atoms with Crippen molar-refractivity contribution < 1.29 is 10.0 Å². The number of aromatic nitrogens is 2. The molecule has 2 aromatic heterocycles. The number of aromatic amines is 1. The van der Waals surface area contributed by atoms with Crippen molar-refractivity contribution in [2.75, 3.05) is 5.32 Å². The van der Waals surface area contributed by atoms with E-state index in [0.717, 1.165) is 21.5 Å². The highest BCUT2D eigenvalue weighted by Crippen LogP contribution is 2.36. The van der Waals surface area contributed by atoms with Crippen LogP contribution in [0, 0.1) is 10.1 Å². The summed E-state index contributed by atoms with van der Waals surface area (Å²) in [5.41, 5.74) is 2.19. The number of anilines is 1. The topological polar surface area (TPSA) is 121 Å². The summed E-state index contributed by atoms with van der Waals surface area (Å²) in [6, 6.07) is 12.2. The van der Waals surface area contributed by atoms with Crippen molar-refractivity contribution in [2.45, 2.75) is 39.2 Å². The Morgan fingerprint density at radius 1 is 1.21 bits per heavy atom. The minimum absolute atomic E-state index is 0.0615. The number of H-pyrrole nitrogens is 1. The van der Waals surface area contributed by atoms with Crippen molar-refractivity contribution in [1.82, 2.24) is 9.97 Å². The summed E-state index contributed by atoms with van der Waals surface area (Å²) >= 11 is 4.60. The molecule has 0 radical (unpaired) electrons. The van der Waals surface area contributed by atoms with Crippen LogP contribution in [-0.4, -0.2) is 20.0 Å². The maximum atomic E-state index is 12.7. The summed E-state index contributed by atoms with van der Waals surface area (Å²) in [6.07, 6.45) is 0.430. The number of nitro benzene ring substituents is 1. The second-order valence-corrected chi connectivity index (χ2v) is 10.9. The molecule has 0 saturated heterocycles. The smallest absolute Gasteiger partial charge is 0.271 e.